The molecular weight excluding hydrogens is 879 g/mol. The van der Waals surface area contributed by atoms with Crippen LogP contribution in [-0.4, -0.2) is 4.57 Å². The number of rotatable bonds is 6. The molecule has 8 aromatic carbocycles. The first-order chi connectivity index (χ1) is 35.7. The number of allylic oxidation sites excluding steroid dienone is 12. The van der Waals surface area contributed by atoms with Crippen LogP contribution in [0, 0.1) is 25.7 Å². The molecular formula is C72H65N. The minimum Gasteiger partial charge on any atom is -0.309 e. The van der Waals surface area contributed by atoms with Crippen molar-refractivity contribution in [1.29, 1.82) is 0 Å². The molecule has 358 valence electrons. The maximum Gasteiger partial charge on any atom is 0.0541 e. The molecule has 0 fully saturated rings. The Morgan fingerprint density at radius 2 is 1.14 bits per heavy atom. The first kappa shape index (κ1) is 47.3. The number of aromatic nitrogens is 1. The third-order valence-electron chi connectivity index (χ3n) is 15.4. The summed E-state index contributed by atoms with van der Waals surface area (Å²) in [6.45, 7) is 11.2. The van der Waals surface area contributed by atoms with Gasteiger partial charge < -0.3 is 4.57 Å². The Morgan fingerprint density at radius 3 is 1.90 bits per heavy atom. The third-order valence-corrected chi connectivity index (χ3v) is 15.4. The number of benzene rings is 8. The molecule has 1 heterocycles. The van der Waals surface area contributed by atoms with Gasteiger partial charge in [0, 0.05) is 21.9 Å². The molecule has 0 amide bonds. The molecule has 1 aromatic heterocycles. The Morgan fingerprint density at radius 1 is 0.466 bits per heavy atom. The maximum atomic E-state index is 2.47. The lowest BCUT2D eigenvalue weighted by Gasteiger charge is -2.27. The molecule has 2 atom stereocenters. The highest BCUT2D eigenvalue weighted by molar-refractivity contribution is 6.10. The van der Waals surface area contributed by atoms with Crippen molar-refractivity contribution in [2.24, 2.45) is 11.8 Å². The van der Waals surface area contributed by atoms with Gasteiger partial charge in [-0.25, -0.2) is 0 Å². The van der Waals surface area contributed by atoms with E-state index in [0.29, 0.717) is 11.8 Å². The van der Waals surface area contributed by atoms with Crippen molar-refractivity contribution in [1.82, 2.24) is 4.57 Å². The van der Waals surface area contributed by atoms with E-state index in [4.69, 9.17) is 0 Å². The van der Waals surface area contributed by atoms with E-state index in [-0.39, 0.29) is 5.41 Å². The molecule has 13 rings (SSSR count). The Kier molecular flexibility index (Phi) is 13.4. The molecule has 0 saturated carbocycles. The number of fused-ring (bicyclic) bond motifs is 6. The van der Waals surface area contributed by atoms with Crippen molar-refractivity contribution in [3.05, 3.63) is 282 Å². The lowest BCUT2D eigenvalue weighted by atomic mass is 9.78. The van der Waals surface area contributed by atoms with Crippen molar-refractivity contribution < 1.29 is 0 Å². The lowest BCUT2D eigenvalue weighted by molar-refractivity contribution is 0.470. The van der Waals surface area contributed by atoms with Crippen LogP contribution in [0.5, 0.6) is 0 Å². The fourth-order valence-corrected chi connectivity index (χ4v) is 11.6. The molecule has 0 N–H and O–H groups in total. The highest BCUT2D eigenvalue weighted by Gasteiger charge is 2.34. The zero-order valence-corrected chi connectivity index (χ0v) is 43.0. The van der Waals surface area contributed by atoms with Crippen LogP contribution in [0.2, 0.25) is 0 Å². The van der Waals surface area contributed by atoms with E-state index in [1.807, 2.05) is 0 Å². The van der Waals surface area contributed by atoms with Crippen LogP contribution in [0.4, 0.5) is 0 Å². The summed E-state index contributed by atoms with van der Waals surface area (Å²) in [5, 5.41) is 2.56. The van der Waals surface area contributed by atoms with Gasteiger partial charge in [0.2, 0.25) is 0 Å². The zero-order valence-electron chi connectivity index (χ0n) is 43.0. The third kappa shape index (κ3) is 9.85. The van der Waals surface area contributed by atoms with Gasteiger partial charge in [-0.05, 0) is 161 Å². The minimum absolute atomic E-state index is 0.152. The average Bonchev–Trinajstić information content (AvgIpc) is 3.89. The summed E-state index contributed by atoms with van der Waals surface area (Å²) in [6.07, 6.45) is 25.3. The Balaban J connectivity index is 0.000000136. The fourth-order valence-electron chi connectivity index (χ4n) is 11.6. The zero-order chi connectivity index (χ0) is 49.9. The molecule has 0 saturated heterocycles. The van der Waals surface area contributed by atoms with Crippen LogP contribution in [-0.2, 0) is 5.41 Å². The van der Waals surface area contributed by atoms with Crippen LogP contribution in [0.25, 0.3) is 72.0 Å². The summed E-state index contributed by atoms with van der Waals surface area (Å²) in [6, 6.07) is 68.6. The van der Waals surface area contributed by atoms with E-state index in [1.54, 1.807) is 0 Å². The van der Waals surface area contributed by atoms with Gasteiger partial charge in [0.1, 0.15) is 0 Å². The summed E-state index contributed by atoms with van der Waals surface area (Å²) in [5.74, 6) is 1.30. The van der Waals surface area contributed by atoms with Gasteiger partial charge in [0.25, 0.3) is 0 Å². The smallest absolute Gasteiger partial charge is 0.0541 e. The first-order valence-corrected chi connectivity index (χ1v) is 26.3. The van der Waals surface area contributed by atoms with Crippen LogP contribution in [0.15, 0.2) is 248 Å². The molecule has 73 heavy (non-hydrogen) atoms. The number of para-hydroxylation sites is 1. The predicted octanol–water partition coefficient (Wildman–Crippen LogP) is 19.6. The molecule has 9 aromatic rings. The molecule has 0 bridgehead atoms. The SMILES string of the molecule is CC1=CC(c2ccccc2)=CC(C2C=CC=CC2)C1.Cc1ccc(-c2ccc3c(c2)c2ccccc2n3-c2cc(C3=CCCC=C3)cc(-c3ccccc3)c2)cc1.Cc1ccc2c(c1)-c1ccccc1C2(C)C. The van der Waals surface area contributed by atoms with Gasteiger partial charge in [0.05, 0.1) is 11.0 Å². The Hall–Kier alpha value is -8.00. The van der Waals surface area contributed by atoms with Crippen LogP contribution in [0.3, 0.4) is 0 Å². The van der Waals surface area contributed by atoms with E-state index in [2.05, 4.69) is 282 Å². The monoisotopic (exact) mass is 944 g/mol. The summed E-state index contributed by atoms with van der Waals surface area (Å²) >= 11 is 0. The minimum atomic E-state index is 0.152. The van der Waals surface area contributed by atoms with Gasteiger partial charge in [-0.3, -0.25) is 0 Å². The fraction of sp³-hybridized carbons (Fsp3) is 0.167. The molecule has 4 aliphatic carbocycles. The van der Waals surface area contributed by atoms with Crippen molar-refractivity contribution in [2.75, 3.05) is 0 Å². The Labute approximate surface area is 433 Å². The largest absolute Gasteiger partial charge is 0.309 e. The van der Waals surface area contributed by atoms with Crippen molar-refractivity contribution in [2.45, 2.75) is 65.7 Å². The van der Waals surface area contributed by atoms with Gasteiger partial charge in [-0.2, -0.15) is 0 Å². The predicted molar refractivity (Wildman–Crippen MR) is 314 cm³/mol. The highest BCUT2D eigenvalue weighted by Crippen LogP contribution is 2.48. The van der Waals surface area contributed by atoms with Gasteiger partial charge in [-0.15, -0.1) is 0 Å². The molecule has 0 spiro atoms. The second-order valence-electron chi connectivity index (χ2n) is 21.0. The maximum absolute atomic E-state index is 2.47. The van der Waals surface area contributed by atoms with E-state index in [1.165, 1.54) is 124 Å². The van der Waals surface area contributed by atoms with Crippen molar-refractivity contribution >= 4 is 33.0 Å². The average molecular weight is 944 g/mol. The second kappa shape index (κ2) is 20.6. The van der Waals surface area contributed by atoms with E-state index in [0.717, 1.165) is 12.8 Å². The summed E-state index contributed by atoms with van der Waals surface area (Å²) in [7, 11) is 0. The van der Waals surface area contributed by atoms with Crippen LogP contribution >= 0.6 is 0 Å². The molecule has 0 radical (unpaired) electrons. The highest BCUT2D eigenvalue weighted by atomic mass is 15.0. The van der Waals surface area contributed by atoms with Crippen molar-refractivity contribution in [3.63, 3.8) is 0 Å². The van der Waals surface area contributed by atoms with Crippen LogP contribution < -0.4 is 0 Å². The van der Waals surface area contributed by atoms with Crippen LogP contribution in [0.1, 0.15) is 79.8 Å². The summed E-state index contributed by atoms with van der Waals surface area (Å²) < 4.78 is 2.44. The van der Waals surface area contributed by atoms with Gasteiger partial charge in [0.15, 0.2) is 0 Å². The van der Waals surface area contributed by atoms with E-state index < -0.39 is 0 Å². The molecule has 1 heteroatoms. The molecule has 2 unspecified atom stereocenters. The molecule has 1 nitrogen and oxygen atoms in total. The number of hydrogen-bond acceptors (Lipinski definition) is 0. The number of aryl methyl sites for hydroxylation is 2. The molecule has 0 aliphatic heterocycles. The Bertz CT molecular complexity index is 3660. The van der Waals surface area contributed by atoms with Crippen molar-refractivity contribution in [3.8, 4) is 39.1 Å². The topological polar surface area (TPSA) is 4.93 Å². The summed E-state index contributed by atoms with van der Waals surface area (Å²) in [4.78, 5) is 0. The standard InChI is InChI=1S/C37H29N.C19H20.C16H16/c1-26-16-18-29(19-17-26)30-20-21-37-35(25-30)34-14-8-9-15-36(34)38(37)33-23-31(27-10-4-2-5-11-27)22-32(24-33)28-12-6-3-7-13-28;1-15-12-18(16-8-4-2-5-9-16)14-19(13-15)17-10-6-3-7-11-17;1-11-8-9-15-13(10-11)12-6-4-5-7-14(12)16(15,2)3/h2,4-6,8-25H,3,7H2,1H3;2-10,12,14,17,19H,11,13H2,1H3;4-10H,1-3H3. The summed E-state index contributed by atoms with van der Waals surface area (Å²) in [5.41, 5.74) is 23.9. The second-order valence-corrected chi connectivity index (χ2v) is 21.0. The van der Waals surface area contributed by atoms with Gasteiger partial charge in [-0.1, -0.05) is 237 Å². The normalized spacial score (nSPS) is 17.1. The number of nitrogens with zero attached hydrogens (tertiary/aromatic N) is 1. The van der Waals surface area contributed by atoms with Gasteiger partial charge >= 0.3 is 0 Å². The van der Waals surface area contributed by atoms with E-state index >= 15 is 0 Å². The lowest BCUT2D eigenvalue weighted by Crippen LogP contribution is -2.14. The number of hydrogen-bond donors (Lipinski definition) is 0. The van der Waals surface area contributed by atoms with E-state index in [9.17, 15) is 0 Å². The molecule has 4 aliphatic rings. The quantitative estimate of drug-likeness (QED) is 0.157. The first-order valence-electron chi connectivity index (χ1n) is 26.3.